The summed E-state index contributed by atoms with van der Waals surface area (Å²) < 4.78 is 24.5. The zero-order chi connectivity index (χ0) is 13.1. The molecule has 0 atom stereocenters. The van der Waals surface area contributed by atoms with E-state index >= 15 is 0 Å². The molecule has 1 heterocycles. The van der Waals surface area contributed by atoms with Crippen molar-refractivity contribution < 1.29 is 13.9 Å². The number of hydrogen-bond acceptors (Lipinski definition) is 3. The number of para-hydroxylation sites is 1. The molecule has 0 amide bonds. The minimum atomic E-state index is -0.423. The molecule has 0 aliphatic carbocycles. The molecular formula is C13H15FN2O2. The summed E-state index contributed by atoms with van der Waals surface area (Å²) in [5.74, 6) is 0.476. The minimum Gasteiger partial charge on any atom is -0.471 e. The summed E-state index contributed by atoms with van der Waals surface area (Å²) in [6.45, 7) is 5.56. The Morgan fingerprint density at radius 2 is 2.00 bits per heavy atom. The summed E-state index contributed by atoms with van der Waals surface area (Å²) in [5.41, 5.74) is 0.689. The Hall–Kier alpha value is -2.04. The number of halogens is 1. The van der Waals surface area contributed by atoms with Crippen molar-refractivity contribution in [2.24, 2.45) is 0 Å². The van der Waals surface area contributed by atoms with Gasteiger partial charge in [0.25, 0.3) is 5.88 Å². The van der Waals surface area contributed by atoms with Crippen molar-refractivity contribution in [3.63, 3.8) is 0 Å². The summed E-state index contributed by atoms with van der Waals surface area (Å²) in [6.07, 6.45) is -0.0318. The number of ether oxygens (including phenoxy) is 2. The van der Waals surface area contributed by atoms with Gasteiger partial charge in [-0.1, -0.05) is 12.1 Å². The summed E-state index contributed by atoms with van der Waals surface area (Å²) in [6, 6.07) is 6.21. The van der Waals surface area contributed by atoms with Crippen molar-refractivity contribution in [1.82, 2.24) is 10.2 Å². The van der Waals surface area contributed by atoms with Crippen molar-refractivity contribution in [1.29, 1.82) is 0 Å². The van der Waals surface area contributed by atoms with E-state index in [0.29, 0.717) is 17.3 Å². The molecule has 2 aromatic rings. The summed E-state index contributed by atoms with van der Waals surface area (Å²) in [5, 5.41) is 6.75. The van der Waals surface area contributed by atoms with Crippen molar-refractivity contribution in [3.8, 4) is 17.4 Å². The van der Waals surface area contributed by atoms with Gasteiger partial charge in [0.1, 0.15) is 0 Å². The van der Waals surface area contributed by atoms with E-state index in [1.54, 1.807) is 25.1 Å². The molecule has 2 rings (SSSR count). The van der Waals surface area contributed by atoms with Crippen LogP contribution in [0.3, 0.4) is 0 Å². The van der Waals surface area contributed by atoms with E-state index in [0.717, 1.165) is 0 Å². The normalized spacial score (nSPS) is 10.7. The van der Waals surface area contributed by atoms with Gasteiger partial charge in [-0.3, -0.25) is 5.10 Å². The van der Waals surface area contributed by atoms with E-state index in [1.165, 1.54) is 6.07 Å². The maximum Gasteiger partial charge on any atom is 0.276 e. The Bertz CT molecular complexity index is 538. The number of hydrogen-bond donors (Lipinski definition) is 1. The van der Waals surface area contributed by atoms with Gasteiger partial charge < -0.3 is 9.47 Å². The third-order valence-electron chi connectivity index (χ3n) is 2.26. The second kappa shape index (κ2) is 5.08. The van der Waals surface area contributed by atoms with Gasteiger partial charge in [0, 0.05) is 0 Å². The van der Waals surface area contributed by atoms with Crippen LogP contribution in [-0.2, 0) is 0 Å². The first-order valence-electron chi connectivity index (χ1n) is 5.72. The van der Waals surface area contributed by atoms with Gasteiger partial charge in [0.15, 0.2) is 11.6 Å². The average Bonchev–Trinajstić information content (AvgIpc) is 2.64. The SMILES string of the molecule is Cc1[nH]nc(OC(C)C)c1Oc1ccccc1F. The highest BCUT2D eigenvalue weighted by Crippen LogP contribution is 2.34. The third-order valence-corrected chi connectivity index (χ3v) is 2.26. The van der Waals surface area contributed by atoms with Crippen LogP contribution in [0.15, 0.2) is 24.3 Å². The predicted octanol–water partition coefficient (Wildman–Crippen LogP) is 3.44. The number of aromatic amines is 1. The lowest BCUT2D eigenvalue weighted by atomic mass is 10.3. The molecule has 1 aromatic carbocycles. The minimum absolute atomic E-state index is 0.0318. The zero-order valence-corrected chi connectivity index (χ0v) is 10.5. The molecule has 0 fully saturated rings. The van der Waals surface area contributed by atoms with Crippen molar-refractivity contribution in [2.75, 3.05) is 0 Å². The van der Waals surface area contributed by atoms with Gasteiger partial charge in [0.2, 0.25) is 5.75 Å². The first-order valence-corrected chi connectivity index (χ1v) is 5.72. The highest BCUT2D eigenvalue weighted by molar-refractivity contribution is 5.41. The topological polar surface area (TPSA) is 47.1 Å². The Balaban J connectivity index is 2.28. The molecule has 18 heavy (non-hydrogen) atoms. The van der Waals surface area contributed by atoms with Crippen LogP contribution in [0.4, 0.5) is 4.39 Å². The first kappa shape index (κ1) is 12.4. The van der Waals surface area contributed by atoms with Crippen LogP contribution in [0.2, 0.25) is 0 Å². The first-order chi connectivity index (χ1) is 8.58. The number of aryl methyl sites for hydroxylation is 1. The maximum absolute atomic E-state index is 13.5. The molecule has 4 nitrogen and oxygen atoms in total. The molecule has 0 saturated carbocycles. The summed E-state index contributed by atoms with van der Waals surface area (Å²) >= 11 is 0. The fourth-order valence-corrected chi connectivity index (χ4v) is 1.46. The molecule has 0 spiro atoms. The number of H-pyrrole nitrogens is 1. The third kappa shape index (κ3) is 2.61. The van der Waals surface area contributed by atoms with E-state index < -0.39 is 5.82 Å². The van der Waals surface area contributed by atoms with Crippen molar-refractivity contribution in [3.05, 3.63) is 35.8 Å². The van der Waals surface area contributed by atoms with Gasteiger partial charge >= 0.3 is 0 Å². The van der Waals surface area contributed by atoms with Crippen LogP contribution in [0.25, 0.3) is 0 Å². The lowest BCUT2D eigenvalue weighted by Gasteiger charge is -2.10. The Morgan fingerprint density at radius 3 is 2.67 bits per heavy atom. The molecule has 1 aromatic heterocycles. The van der Waals surface area contributed by atoms with E-state index in [9.17, 15) is 4.39 Å². The second-order valence-electron chi connectivity index (χ2n) is 4.18. The monoisotopic (exact) mass is 250 g/mol. The Morgan fingerprint density at radius 1 is 1.28 bits per heavy atom. The van der Waals surface area contributed by atoms with Gasteiger partial charge in [0.05, 0.1) is 11.8 Å². The standard InChI is InChI=1S/C13H15FN2O2/c1-8(2)17-13-12(9(3)15-16-13)18-11-7-5-4-6-10(11)14/h4-8H,1-3H3,(H,15,16). The highest BCUT2D eigenvalue weighted by Gasteiger charge is 2.16. The van der Waals surface area contributed by atoms with Gasteiger partial charge in [-0.25, -0.2) is 4.39 Å². The fraction of sp³-hybridized carbons (Fsp3) is 0.308. The molecule has 0 aliphatic rings. The van der Waals surface area contributed by atoms with E-state index in [-0.39, 0.29) is 11.9 Å². The van der Waals surface area contributed by atoms with E-state index in [4.69, 9.17) is 9.47 Å². The number of nitrogens with zero attached hydrogens (tertiary/aromatic N) is 1. The quantitative estimate of drug-likeness (QED) is 0.904. The molecule has 0 radical (unpaired) electrons. The van der Waals surface area contributed by atoms with Crippen LogP contribution in [0.1, 0.15) is 19.5 Å². The van der Waals surface area contributed by atoms with Crippen LogP contribution in [0, 0.1) is 12.7 Å². The molecule has 5 heteroatoms. The zero-order valence-electron chi connectivity index (χ0n) is 10.5. The largest absolute Gasteiger partial charge is 0.471 e. The average molecular weight is 250 g/mol. The smallest absolute Gasteiger partial charge is 0.276 e. The Kier molecular flexibility index (Phi) is 3.50. The van der Waals surface area contributed by atoms with E-state index in [2.05, 4.69) is 10.2 Å². The molecule has 0 saturated heterocycles. The fourth-order valence-electron chi connectivity index (χ4n) is 1.46. The lowest BCUT2D eigenvalue weighted by molar-refractivity contribution is 0.223. The highest BCUT2D eigenvalue weighted by atomic mass is 19.1. The molecular weight excluding hydrogens is 235 g/mol. The van der Waals surface area contributed by atoms with Crippen molar-refractivity contribution >= 4 is 0 Å². The summed E-state index contributed by atoms with van der Waals surface area (Å²) in [4.78, 5) is 0. The lowest BCUT2D eigenvalue weighted by Crippen LogP contribution is -2.06. The van der Waals surface area contributed by atoms with Crippen LogP contribution < -0.4 is 9.47 Å². The van der Waals surface area contributed by atoms with E-state index in [1.807, 2.05) is 13.8 Å². The molecule has 96 valence electrons. The van der Waals surface area contributed by atoms with Gasteiger partial charge in [-0.15, -0.1) is 5.10 Å². The van der Waals surface area contributed by atoms with Crippen molar-refractivity contribution in [2.45, 2.75) is 26.9 Å². The van der Waals surface area contributed by atoms with Crippen LogP contribution in [0.5, 0.6) is 17.4 Å². The number of aromatic nitrogens is 2. The van der Waals surface area contributed by atoms with Crippen LogP contribution in [-0.4, -0.2) is 16.3 Å². The predicted molar refractivity (Wildman–Crippen MR) is 65.6 cm³/mol. The number of benzene rings is 1. The number of nitrogens with one attached hydrogen (secondary N) is 1. The molecule has 0 unspecified atom stereocenters. The second-order valence-corrected chi connectivity index (χ2v) is 4.18. The molecule has 1 N–H and O–H groups in total. The Labute approximate surface area is 105 Å². The summed E-state index contributed by atoms with van der Waals surface area (Å²) in [7, 11) is 0. The van der Waals surface area contributed by atoms with Crippen LogP contribution >= 0.6 is 0 Å². The van der Waals surface area contributed by atoms with Gasteiger partial charge in [-0.2, -0.15) is 0 Å². The number of rotatable bonds is 4. The molecule has 0 aliphatic heterocycles. The molecule has 0 bridgehead atoms. The maximum atomic E-state index is 13.5. The van der Waals surface area contributed by atoms with Gasteiger partial charge in [-0.05, 0) is 32.9 Å².